The number of nitrogens with zero attached hydrogens (tertiary/aromatic N) is 6. The van der Waals surface area contributed by atoms with Gasteiger partial charge in [0.15, 0.2) is 35.4 Å². The number of carbonyl (C=O) groups excluding carboxylic acids is 3. The summed E-state index contributed by atoms with van der Waals surface area (Å²) in [5.41, 5.74) is 0.819. The van der Waals surface area contributed by atoms with Crippen molar-refractivity contribution >= 4 is 81.6 Å². The lowest BCUT2D eigenvalue weighted by atomic mass is 9.77. The van der Waals surface area contributed by atoms with Gasteiger partial charge >= 0.3 is 0 Å². The van der Waals surface area contributed by atoms with Gasteiger partial charge in [-0.2, -0.15) is 10.2 Å². The summed E-state index contributed by atoms with van der Waals surface area (Å²) < 4.78 is 71.0. The molecule has 9 nitrogen and oxygen atoms in total. The molecule has 3 aromatic rings. The molecule has 0 radical (unpaired) electrons. The summed E-state index contributed by atoms with van der Waals surface area (Å²) in [5.74, 6) is -15.8. The van der Waals surface area contributed by atoms with E-state index in [0.717, 1.165) is 17.0 Å². The molecule has 0 spiro atoms. The van der Waals surface area contributed by atoms with Gasteiger partial charge in [-0.3, -0.25) is 19.4 Å². The second-order valence-electron chi connectivity index (χ2n) is 11.8. The zero-order chi connectivity index (χ0) is 35.8. The zero-order valence-electron chi connectivity index (χ0n) is 25.0. The predicted molar refractivity (Wildman–Crippen MR) is 173 cm³/mol. The summed E-state index contributed by atoms with van der Waals surface area (Å²) in [7, 11) is 0. The maximum Gasteiger partial charge on any atom is 0.264 e. The number of allylic oxidation sites excluding steroid dienone is 1. The third-order valence-electron chi connectivity index (χ3n) is 8.90. The number of fused-ring (bicyclic) bond motifs is 2. The third-order valence-corrected chi connectivity index (χ3v) is 10.0. The van der Waals surface area contributed by atoms with Gasteiger partial charge in [-0.25, -0.2) is 31.9 Å². The molecule has 4 aliphatic rings. The highest BCUT2D eigenvalue weighted by Crippen LogP contribution is 2.47. The van der Waals surface area contributed by atoms with Crippen LogP contribution in [-0.4, -0.2) is 52.1 Å². The quantitative estimate of drug-likeness (QED) is 0.113. The molecule has 7 rings (SSSR count). The van der Waals surface area contributed by atoms with Crippen LogP contribution in [0, 0.1) is 35.0 Å². The number of hydrazone groups is 1. The SMILES string of the molecule is O=C1[C@@H]2N=NN(CC(=O)N3N=C4/C(=C/c5ccc(Cl)cc5Cl)CCC[C@@H]4[C@@H]3c3ccc(Cl)cc3Cl)[C@H]2C(=O)N1c1c(F)c(F)c(F)c(F)c1F. The van der Waals surface area contributed by atoms with E-state index in [9.17, 15) is 36.3 Å². The van der Waals surface area contributed by atoms with E-state index in [4.69, 9.17) is 51.5 Å². The summed E-state index contributed by atoms with van der Waals surface area (Å²) in [4.78, 5) is 40.4. The number of rotatable bonds is 5. The third kappa shape index (κ3) is 5.52. The molecule has 3 aromatic carbocycles. The molecule has 4 atom stereocenters. The number of carbonyl (C=O) groups is 3. The Balaban J connectivity index is 1.23. The fourth-order valence-corrected chi connectivity index (χ4v) is 7.62. The molecule has 3 aliphatic heterocycles. The monoisotopic (exact) mass is 770 g/mol. The predicted octanol–water partition coefficient (Wildman–Crippen LogP) is 8.11. The van der Waals surface area contributed by atoms with Gasteiger partial charge in [0.05, 0.1) is 11.8 Å². The molecule has 3 heterocycles. The van der Waals surface area contributed by atoms with Crippen LogP contribution in [0.3, 0.4) is 0 Å². The van der Waals surface area contributed by atoms with Crippen LogP contribution in [0.2, 0.25) is 20.1 Å². The number of halogens is 9. The molecule has 1 saturated heterocycles. The minimum absolute atomic E-state index is 0.166. The Morgan fingerprint density at radius 1 is 0.840 bits per heavy atom. The molecule has 0 aromatic heterocycles. The standard InChI is InChI=1S/C32H19Cl4F5N6O3/c33-14-5-4-12(18(35)9-14)8-13-2-1-3-17-26(13)43-47(28(17)16-7-6-15(34)10-19(16)36)20(48)11-45-30-27(42-44-45)31(49)46(32(30)50)29-24(40)22(38)21(37)23(39)25(29)41/h4-10,17,27-28,30H,1-3,11H2/b13-8+/t17-,27+,28-,30+/m0/s1. The van der Waals surface area contributed by atoms with E-state index >= 15 is 0 Å². The first kappa shape index (κ1) is 34.3. The van der Waals surface area contributed by atoms with Crippen LogP contribution in [0.4, 0.5) is 27.6 Å². The molecule has 3 amide bonds. The maximum absolute atomic E-state index is 14.7. The molecule has 1 saturated carbocycles. The summed E-state index contributed by atoms with van der Waals surface area (Å²) in [6.07, 6.45) is 3.79. The van der Waals surface area contributed by atoms with Crippen LogP contribution in [-0.2, 0) is 14.4 Å². The number of anilines is 1. The van der Waals surface area contributed by atoms with Crippen LogP contribution >= 0.6 is 46.4 Å². The van der Waals surface area contributed by atoms with Gasteiger partial charge in [0, 0.05) is 26.0 Å². The van der Waals surface area contributed by atoms with Crippen molar-refractivity contribution in [2.45, 2.75) is 37.4 Å². The zero-order valence-corrected chi connectivity index (χ0v) is 28.0. The van der Waals surface area contributed by atoms with Crippen LogP contribution in [0.25, 0.3) is 6.08 Å². The van der Waals surface area contributed by atoms with Gasteiger partial charge in [0.1, 0.15) is 12.2 Å². The Labute approximate surface area is 299 Å². The lowest BCUT2D eigenvalue weighted by Gasteiger charge is -2.31. The minimum Gasteiger partial charge on any atom is -0.271 e. The Morgan fingerprint density at radius 3 is 2.14 bits per heavy atom. The molecule has 258 valence electrons. The van der Waals surface area contributed by atoms with E-state index in [1.807, 2.05) is 6.08 Å². The van der Waals surface area contributed by atoms with Crippen molar-refractivity contribution in [3.8, 4) is 0 Å². The van der Waals surface area contributed by atoms with E-state index in [-0.39, 0.29) is 15.8 Å². The Morgan fingerprint density at radius 2 is 1.48 bits per heavy atom. The van der Waals surface area contributed by atoms with E-state index in [1.54, 1.807) is 30.3 Å². The summed E-state index contributed by atoms with van der Waals surface area (Å²) in [6.45, 7) is -0.720. The Kier molecular flexibility index (Phi) is 8.86. The minimum atomic E-state index is -2.47. The number of hydrogen-bond donors (Lipinski definition) is 0. The van der Waals surface area contributed by atoms with E-state index in [1.165, 1.54) is 11.1 Å². The lowest BCUT2D eigenvalue weighted by molar-refractivity contribution is -0.136. The molecule has 0 N–H and O–H groups in total. The average Bonchev–Trinajstić information content (AvgIpc) is 3.74. The molecule has 1 aliphatic carbocycles. The maximum atomic E-state index is 14.7. The second-order valence-corrected chi connectivity index (χ2v) is 13.5. The van der Waals surface area contributed by atoms with Gasteiger partial charge < -0.3 is 0 Å². The van der Waals surface area contributed by atoms with Gasteiger partial charge in [-0.05, 0) is 66.3 Å². The lowest BCUT2D eigenvalue weighted by Crippen LogP contribution is -2.45. The second kappa shape index (κ2) is 12.9. The van der Waals surface area contributed by atoms with Gasteiger partial charge in [0.2, 0.25) is 5.82 Å². The molecular formula is C32H19Cl4F5N6O3. The van der Waals surface area contributed by atoms with Gasteiger partial charge in [-0.1, -0.05) is 63.8 Å². The number of benzene rings is 3. The van der Waals surface area contributed by atoms with Crippen molar-refractivity contribution in [3.63, 3.8) is 0 Å². The van der Waals surface area contributed by atoms with Crippen molar-refractivity contribution in [2.24, 2.45) is 21.4 Å². The summed E-state index contributed by atoms with van der Waals surface area (Å²) in [5, 5.41) is 15.6. The number of imide groups is 1. The Bertz CT molecular complexity index is 2090. The van der Waals surface area contributed by atoms with E-state index < -0.39 is 77.2 Å². The highest BCUT2D eigenvalue weighted by atomic mass is 35.5. The first-order valence-corrected chi connectivity index (χ1v) is 16.4. The van der Waals surface area contributed by atoms with E-state index in [2.05, 4.69) is 10.3 Å². The van der Waals surface area contributed by atoms with Crippen molar-refractivity contribution in [1.82, 2.24) is 10.0 Å². The molecule has 18 heteroatoms. The largest absolute Gasteiger partial charge is 0.271 e. The van der Waals surface area contributed by atoms with Crippen LogP contribution in [0.1, 0.15) is 36.4 Å². The van der Waals surface area contributed by atoms with Crippen molar-refractivity contribution < 1.29 is 36.3 Å². The number of amides is 3. The first-order chi connectivity index (χ1) is 23.8. The highest BCUT2D eigenvalue weighted by Gasteiger charge is 2.57. The topological polar surface area (TPSA) is 98.0 Å². The van der Waals surface area contributed by atoms with Crippen LogP contribution < -0.4 is 4.90 Å². The van der Waals surface area contributed by atoms with Crippen LogP contribution in [0.5, 0.6) is 0 Å². The van der Waals surface area contributed by atoms with Crippen molar-refractivity contribution in [2.75, 3.05) is 11.4 Å². The molecular weight excluding hydrogens is 753 g/mol. The van der Waals surface area contributed by atoms with Crippen molar-refractivity contribution in [3.05, 3.63) is 102 Å². The van der Waals surface area contributed by atoms with Gasteiger partial charge in [0.25, 0.3) is 17.7 Å². The fraction of sp³-hybridized carbons (Fsp3) is 0.250. The number of hydrogen-bond acceptors (Lipinski definition) is 7. The first-order valence-electron chi connectivity index (χ1n) is 14.9. The fourth-order valence-electron chi connectivity index (χ4n) is 6.64. The van der Waals surface area contributed by atoms with Crippen molar-refractivity contribution in [1.29, 1.82) is 0 Å². The molecule has 0 bridgehead atoms. The normalized spacial score (nSPS) is 23.7. The smallest absolute Gasteiger partial charge is 0.264 e. The summed E-state index contributed by atoms with van der Waals surface area (Å²) in [6, 6.07) is 5.60. The van der Waals surface area contributed by atoms with Gasteiger partial charge in [-0.15, -0.1) is 0 Å². The molecule has 50 heavy (non-hydrogen) atoms. The molecule has 0 unspecified atom stereocenters. The molecule has 2 fully saturated rings. The summed E-state index contributed by atoms with van der Waals surface area (Å²) >= 11 is 25.3. The average molecular weight is 772 g/mol. The van der Waals surface area contributed by atoms with Crippen LogP contribution in [0.15, 0.2) is 57.4 Å². The van der Waals surface area contributed by atoms with E-state index in [0.29, 0.717) is 44.7 Å². The Hall–Kier alpha value is -4.11. The highest BCUT2D eigenvalue weighted by molar-refractivity contribution is 6.36.